The van der Waals surface area contributed by atoms with Crippen molar-refractivity contribution in [1.82, 2.24) is 10.3 Å². The molecule has 0 saturated carbocycles. The number of aromatic nitrogens is 1. The van der Waals surface area contributed by atoms with Crippen LogP contribution >= 0.6 is 11.8 Å². The Morgan fingerprint density at radius 2 is 1.94 bits per heavy atom. The van der Waals surface area contributed by atoms with Crippen LogP contribution < -0.4 is 5.32 Å². The average molecular weight is 238 g/mol. The third-order valence-electron chi connectivity index (χ3n) is 2.17. The van der Waals surface area contributed by atoms with Gasteiger partial charge in [-0.15, -0.1) is 11.8 Å². The van der Waals surface area contributed by atoms with Crippen LogP contribution in [0, 0.1) is 5.92 Å². The van der Waals surface area contributed by atoms with Crippen LogP contribution in [-0.2, 0) is 0 Å². The molecule has 0 radical (unpaired) electrons. The van der Waals surface area contributed by atoms with Gasteiger partial charge in [0, 0.05) is 28.6 Å². The van der Waals surface area contributed by atoms with Gasteiger partial charge in [-0.3, -0.25) is 4.98 Å². The SMILES string of the molecule is CC(CNC(C)(C)C)CSc1ccncc1. The van der Waals surface area contributed by atoms with E-state index in [0.29, 0.717) is 5.92 Å². The van der Waals surface area contributed by atoms with Crippen molar-refractivity contribution in [2.45, 2.75) is 38.1 Å². The van der Waals surface area contributed by atoms with Crippen molar-refractivity contribution >= 4 is 11.8 Å². The zero-order valence-electron chi connectivity index (χ0n) is 10.7. The number of hydrogen-bond acceptors (Lipinski definition) is 3. The van der Waals surface area contributed by atoms with Crippen molar-refractivity contribution in [1.29, 1.82) is 0 Å². The predicted octanol–water partition coefficient (Wildman–Crippen LogP) is 3.20. The number of hydrogen-bond donors (Lipinski definition) is 1. The molecule has 1 aromatic heterocycles. The summed E-state index contributed by atoms with van der Waals surface area (Å²) < 4.78 is 0. The van der Waals surface area contributed by atoms with E-state index >= 15 is 0 Å². The van der Waals surface area contributed by atoms with Crippen molar-refractivity contribution in [2.24, 2.45) is 5.92 Å². The maximum Gasteiger partial charge on any atom is 0.0278 e. The predicted molar refractivity (Wildman–Crippen MR) is 71.9 cm³/mol. The van der Waals surface area contributed by atoms with Crippen LogP contribution in [0.1, 0.15) is 27.7 Å². The molecule has 2 nitrogen and oxygen atoms in total. The highest BCUT2D eigenvalue weighted by molar-refractivity contribution is 7.99. The first kappa shape index (κ1) is 13.5. The van der Waals surface area contributed by atoms with Crippen LogP contribution in [0.5, 0.6) is 0 Å². The van der Waals surface area contributed by atoms with Crippen LogP contribution in [-0.4, -0.2) is 22.8 Å². The minimum Gasteiger partial charge on any atom is -0.312 e. The van der Waals surface area contributed by atoms with E-state index in [0.717, 1.165) is 12.3 Å². The third-order valence-corrected chi connectivity index (χ3v) is 3.51. The fourth-order valence-electron chi connectivity index (χ4n) is 1.21. The number of rotatable bonds is 5. The molecule has 90 valence electrons. The highest BCUT2D eigenvalue weighted by Crippen LogP contribution is 2.19. The molecule has 1 atom stereocenters. The van der Waals surface area contributed by atoms with Crippen molar-refractivity contribution < 1.29 is 0 Å². The van der Waals surface area contributed by atoms with Gasteiger partial charge in [-0.2, -0.15) is 0 Å². The fraction of sp³-hybridized carbons (Fsp3) is 0.615. The summed E-state index contributed by atoms with van der Waals surface area (Å²) in [7, 11) is 0. The van der Waals surface area contributed by atoms with Crippen LogP contribution in [0.4, 0.5) is 0 Å². The molecule has 1 heterocycles. The van der Waals surface area contributed by atoms with Gasteiger partial charge in [0.25, 0.3) is 0 Å². The lowest BCUT2D eigenvalue weighted by Gasteiger charge is -2.23. The van der Waals surface area contributed by atoms with Crippen LogP contribution in [0.3, 0.4) is 0 Å². The molecule has 1 unspecified atom stereocenters. The third kappa shape index (κ3) is 6.13. The van der Waals surface area contributed by atoms with Crippen molar-refractivity contribution in [2.75, 3.05) is 12.3 Å². The van der Waals surface area contributed by atoms with Crippen LogP contribution in [0.2, 0.25) is 0 Å². The van der Waals surface area contributed by atoms with E-state index in [-0.39, 0.29) is 5.54 Å². The quantitative estimate of drug-likeness (QED) is 0.797. The summed E-state index contributed by atoms with van der Waals surface area (Å²) in [6, 6.07) is 4.13. The number of nitrogens with one attached hydrogen (secondary N) is 1. The summed E-state index contributed by atoms with van der Waals surface area (Å²) in [5.41, 5.74) is 0.218. The second-order valence-corrected chi connectivity index (χ2v) is 6.32. The van der Waals surface area contributed by atoms with Gasteiger partial charge in [0.1, 0.15) is 0 Å². The van der Waals surface area contributed by atoms with Gasteiger partial charge in [0.05, 0.1) is 0 Å². The molecule has 0 aromatic carbocycles. The molecule has 0 amide bonds. The number of nitrogens with zero attached hydrogens (tertiary/aromatic N) is 1. The molecule has 0 fully saturated rings. The summed E-state index contributed by atoms with van der Waals surface area (Å²) in [4.78, 5) is 5.32. The maximum absolute atomic E-state index is 4.02. The molecule has 1 rings (SSSR count). The Kier molecular flexibility index (Phi) is 5.29. The summed E-state index contributed by atoms with van der Waals surface area (Å²) in [5, 5.41) is 3.53. The van der Waals surface area contributed by atoms with E-state index in [1.165, 1.54) is 4.90 Å². The smallest absolute Gasteiger partial charge is 0.0278 e. The summed E-state index contributed by atoms with van der Waals surface area (Å²) >= 11 is 1.90. The van der Waals surface area contributed by atoms with E-state index in [1.807, 2.05) is 24.2 Å². The largest absolute Gasteiger partial charge is 0.312 e. The Bertz CT molecular complexity index is 293. The zero-order valence-corrected chi connectivity index (χ0v) is 11.5. The number of pyridine rings is 1. The molecule has 0 aliphatic carbocycles. The maximum atomic E-state index is 4.02. The Hall–Kier alpha value is -0.540. The Morgan fingerprint density at radius 3 is 2.50 bits per heavy atom. The normalized spacial score (nSPS) is 13.8. The summed E-state index contributed by atoms with van der Waals surface area (Å²) in [6.45, 7) is 9.97. The second-order valence-electron chi connectivity index (χ2n) is 5.23. The molecule has 0 bridgehead atoms. The van der Waals surface area contributed by atoms with E-state index in [4.69, 9.17) is 0 Å². The van der Waals surface area contributed by atoms with Gasteiger partial charge in [-0.25, -0.2) is 0 Å². The molecule has 0 aliphatic heterocycles. The van der Waals surface area contributed by atoms with E-state index in [9.17, 15) is 0 Å². The molecule has 1 N–H and O–H groups in total. The number of thioether (sulfide) groups is 1. The van der Waals surface area contributed by atoms with Crippen molar-refractivity contribution in [3.8, 4) is 0 Å². The average Bonchev–Trinajstić information content (AvgIpc) is 2.24. The highest BCUT2D eigenvalue weighted by Gasteiger charge is 2.11. The van der Waals surface area contributed by atoms with E-state index in [2.05, 4.69) is 50.1 Å². The van der Waals surface area contributed by atoms with Gasteiger partial charge in [0.15, 0.2) is 0 Å². The molecule has 1 aromatic rings. The minimum absolute atomic E-state index is 0.218. The lowest BCUT2D eigenvalue weighted by molar-refractivity contribution is 0.395. The standard InChI is InChI=1S/C13H22N2S/c1-11(9-15-13(2,3)4)10-16-12-5-7-14-8-6-12/h5-8,11,15H,9-10H2,1-4H3. The Morgan fingerprint density at radius 1 is 1.31 bits per heavy atom. The van der Waals surface area contributed by atoms with Crippen LogP contribution in [0.15, 0.2) is 29.4 Å². The minimum atomic E-state index is 0.218. The molecule has 0 saturated heterocycles. The first-order valence-electron chi connectivity index (χ1n) is 5.75. The highest BCUT2D eigenvalue weighted by atomic mass is 32.2. The van der Waals surface area contributed by atoms with Crippen LogP contribution in [0.25, 0.3) is 0 Å². The molecule has 16 heavy (non-hydrogen) atoms. The van der Waals surface area contributed by atoms with Gasteiger partial charge in [-0.05, 0) is 45.4 Å². The first-order valence-corrected chi connectivity index (χ1v) is 6.74. The van der Waals surface area contributed by atoms with Crippen molar-refractivity contribution in [3.63, 3.8) is 0 Å². The monoisotopic (exact) mass is 238 g/mol. The Balaban J connectivity index is 2.23. The molecular formula is C13H22N2S. The van der Waals surface area contributed by atoms with Gasteiger partial charge in [0.2, 0.25) is 0 Å². The Labute approximate surface area is 103 Å². The van der Waals surface area contributed by atoms with Crippen molar-refractivity contribution in [3.05, 3.63) is 24.5 Å². The molecule has 3 heteroatoms. The molecule has 0 aliphatic rings. The topological polar surface area (TPSA) is 24.9 Å². The van der Waals surface area contributed by atoms with Gasteiger partial charge < -0.3 is 5.32 Å². The lowest BCUT2D eigenvalue weighted by atomic mass is 10.1. The molecular weight excluding hydrogens is 216 g/mol. The van der Waals surface area contributed by atoms with E-state index < -0.39 is 0 Å². The fourth-order valence-corrected chi connectivity index (χ4v) is 2.12. The summed E-state index contributed by atoms with van der Waals surface area (Å²) in [6.07, 6.45) is 3.70. The van der Waals surface area contributed by atoms with Gasteiger partial charge in [-0.1, -0.05) is 6.92 Å². The zero-order chi connectivity index (χ0) is 12.0. The van der Waals surface area contributed by atoms with E-state index in [1.54, 1.807) is 0 Å². The molecule has 0 spiro atoms. The van der Waals surface area contributed by atoms with Gasteiger partial charge >= 0.3 is 0 Å². The second kappa shape index (κ2) is 6.26. The lowest BCUT2D eigenvalue weighted by Crippen LogP contribution is -2.39. The first-order chi connectivity index (χ1) is 7.47. The summed E-state index contributed by atoms with van der Waals surface area (Å²) in [5.74, 6) is 1.82.